The summed E-state index contributed by atoms with van der Waals surface area (Å²) in [5.74, 6) is -0.312. The highest BCUT2D eigenvalue weighted by atomic mass is 16.6. The number of non-ortho nitro benzene ring substituents is 1. The van der Waals surface area contributed by atoms with Crippen LogP contribution in [0.1, 0.15) is 49.3 Å². The highest BCUT2D eigenvalue weighted by Crippen LogP contribution is 2.15. The summed E-state index contributed by atoms with van der Waals surface area (Å²) >= 11 is 0. The van der Waals surface area contributed by atoms with E-state index in [1.807, 2.05) is 12.2 Å². The van der Waals surface area contributed by atoms with Gasteiger partial charge in [-0.25, -0.2) is 4.79 Å². The molecule has 2 aromatic rings. The number of carbonyl (C=O) groups excluding carboxylic acids is 1. The molecule has 0 aliphatic heterocycles. The molecule has 2 rings (SSSR count). The fraction of sp³-hybridized carbons (Fsp3) is 0.292. The van der Waals surface area contributed by atoms with Gasteiger partial charge in [-0.2, -0.15) is 0 Å². The summed E-state index contributed by atoms with van der Waals surface area (Å²) in [6.07, 6.45) is 9.10. The van der Waals surface area contributed by atoms with Crippen molar-refractivity contribution in [1.29, 1.82) is 0 Å². The Kier molecular flexibility index (Phi) is 8.83. The third kappa shape index (κ3) is 8.13. The fourth-order valence-electron chi connectivity index (χ4n) is 2.77. The lowest BCUT2D eigenvalue weighted by atomic mass is 10.0. The quantitative estimate of drug-likeness (QED) is 0.117. The first kappa shape index (κ1) is 22.1. The number of nitro benzene ring substituents is 1. The van der Waals surface area contributed by atoms with Crippen molar-refractivity contribution in [3.63, 3.8) is 0 Å². The Labute approximate surface area is 171 Å². The molecular formula is C24H27NO4. The van der Waals surface area contributed by atoms with Crippen LogP contribution in [0, 0.1) is 10.1 Å². The molecule has 29 heavy (non-hydrogen) atoms. The van der Waals surface area contributed by atoms with Gasteiger partial charge in [0.2, 0.25) is 0 Å². The topological polar surface area (TPSA) is 69.4 Å². The first-order valence-corrected chi connectivity index (χ1v) is 9.80. The van der Waals surface area contributed by atoms with E-state index in [1.54, 1.807) is 19.1 Å². The Hall–Kier alpha value is -3.21. The van der Waals surface area contributed by atoms with E-state index in [1.165, 1.54) is 17.7 Å². The largest absolute Gasteiger partial charge is 0.462 e. The third-order valence-electron chi connectivity index (χ3n) is 4.49. The molecular weight excluding hydrogens is 366 g/mol. The van der Waals surface area contributed by atoms with Crippen LogP contribution in [0.3, 0.4) is 0 Å². The van der Waals surface area contributed by atoms with E-state index in [0.717, 1.165) is 43.2 Å². The van der Waals surface area contributed by atoms with Crippen molar-refractivity contribution < 1.29 is 14.5 Å². The fourth-order valence-corrected chi connectivity index (χ4v) is 2.77. The number of ether oxygens (including phenoxy) is 1. The number of aryl methyl sites for hydroxylation is 1. The molecule has 152 valence electrons. The maximum absolute atomic E-state index is 11.3. The summed E-state index contributed by atoms with van der Waals surface area (Å²) in [6.45, 7) is 5.67. The van der Waals surface area contributed by atoms with Crippen LogP contribution in [-0.2, 0) is 16.0 Å². The predicted octanol–water partition coefficient (Wildman–Crippen LogP) is 5.99. The molecule has 0 aliphatic rings. The molecule has 0 amide bonds. The van der Waals surface area contributed by atoms with Gasteiger partial charge in [-0.05, 0) is 55.0 Å². The zero-order valence-corrected chi connectivity index (χ0v) is 16.8. The number of nitro groups is 1. The van der Waals surface area contributed by atoms with Crippen LogP contribution >= 0.6 is 0 Å². The zero-order valence-electron chi connectivity index (χ0n) is 16.8. The standard InChI is InChI=1S/C24H27NO4/c1-19(2)24(26)29-18-6-4-3-5-7-20-8-10-21(11-9-20)12-13-22-14-16-23(17-15-22)25(27)28/h8-17H,1,3-7,18H2,2H3/b13-12+. The summed E-state index contributed by atoms with van der Waals surface area (Å²) in [6, 6.07) is 14.9. The molecule has 0 unspecified atom stereocenters. The van der Waals surface area contributed by atoms with Gasteiger partial charge in [0.05, 0.1) is 11.5 Å². The Morgan fingerprint density at radius 2 is 1.52 bits per heavy atom. The second-order valence-electron chi connectivity index (χ2n) is 7.00. The van der Waals surface area contributed by atoms with Crippen molar-refractivity contribution in [1.82, 2.24) is 0 Å². The van der Waals surface area contributed by atoms with Gasteiger partial charge in [0, 0.05) is 17.7 Å². The number of unbranched alkanes of at least 4 members (excludes halogenated alkanes) is 3. The lowest BCUT2D eigenvalue weighted by molar-refractivity contribution is -0.384. The Morgan fingerprint density at radius 3 is 2.07 bits per heavy atom. The molecule has 0 aromatic heterocycles. The van der Waals surface area contributed by atoms with Crippen LogP contribution in [0.25, 0.3) is 12.2 Å². The molecule has 0 bridgehead atoms. The summed E-state index contributed by atoms with van der Waals surface area (Å²) < 4.78 is 5.08. The molecule has 0 saturated carbocycles. The molecule has 0 N–H and O–H groups in total. The summed E-state index contributed by atoms with van der Waals surface area (Å²) in [4.78, 5) is 21.5. The van der Waals surface area contributed by atoms with Crippen LogP contribution in [0.5, 0.6) is 0 Å². The van der Waals surface area contributed by atoms with Gasteiger partial charge in [0.15, 0.2) is 0 Å². The van der Waals surface area contributed by atoms with Gasteiger partial charge >= 0.3 is 5.97 Å². The smallest absolute Gasteiger partial charge is 0.333 e. The first-order valence-electron chi connectivity index (χ1n) is 9.80. The second-order valence-corrected chi connectivity index (χ2v) is 7.00. The van der Waals surface area contributed by atoms with Crippen LogP contribution in [0.4, 0.5) is 5.69 Å². The lowest BCUT2D eigenvalue weighted by Crippen LogP contribution is -2.06. The number of nitrogens with zero attached hydrogens (tertiary/aromatic N) is 1. The number of rotatable bonds is 11. The second kappa shape index (κ2) is 11.6. The number of esters is 1. The molecule has 5 heteroatoms. The molecule has 0 saturated heterocycles. The van der Waals surface area contributed by atoms with Gasteiger partial charge < -0.3 is 4.74 Å². The number of benzene rings is 2. The summed E-state index contributed by atoms with van der Waals surface area (Å²) in [5.41, 5.74) is 3.85. The van der Waals surface area contributed by atoms with Crippen LogP contribution < -0.4 is 0 Å². The molecule has 0 spiro atoms. The van der Waals surface area contributed by atoms with E-state index in [0.29, 0.717) is 12.2 Å². The highest BCUT2D eigenvalue weighted by molar-refractivity contribution is 5.86. The van der Waals surface area contributed by atoms with Crippen LogP contribution in [0.15, 0.2) is 60.7 Å². The third-order valence-corrected chi connectivity index (χ3v) is 4.49. The maximum atomic E-state index is 11.3. The van der Waals surface area contributed by atoms with E-state index in [-0.39, 0.29) is 11.7 Å². The van der Waals surface area contributed by atoms with E-state index < -0.39 is 4.92 Å². The molecule has 0 heterocycles. The number of carbonyl (C=O) groups is 1. The van der Waals surface area contributed by atoms with E-state index in [2.05, 4.69) is 30.8 Å². The molecule has 5 nitrogen and oxygen atoms in total. The van der Waals surface area contributed by atoms with Gasteiger partial charge in [0.1, 0.15) is 0 Å². The lowest BCUT2D eigenvalue weighted by Gasteiger charge is -2.05. The summed E-state index contributed by atoms with van der Waals surface area (Å²) in [7, 11) is 0. The minimum Gasteiger partial charge on any atom is -0.462 e. The average Bonchev–Trinajstić information content (AvgIpc) is 2.72. The zero-order chi connectivity index (χ0) is 21.1. The van der Waals surface area contributed by atoms with E-state index in [9.17, 15) is 14.9 Å². The number of hydrogen-bond acceptors (Lipinski definition) is 4. The minimum atomic E-state index is -0.398. The molecule has 0 fully saturated rings. The van der Waals surface area contributed by atoms with Crippen molar-refractivity contribution in [2.75, 3.05) is 6.61 Å². The minimum absolute atomic E-state index is 0.0966. The van der Waals surface area contributed by atoms with Gasteiger partial charge in [-0.1, -0.05) is 55.8 Å². The van der Waals surface area contributed by atoms with E-state index in [4.69, 9.17) is 4.74 Å². The van der Waals surface area contributed by atoms with Crippen molar-refractivity contribution in [3.8, 4) is 0 Å². The van der Waals surface area contributed by atoms with E-state index >= 15 is 0 Å². The average molecular weight is 393 g/mol. The first-order chi connectivity index (χ1) is 14.0. The van der Waals surface area contributed by atoms with Crippen molar-refractivity contribution in [3.05, 3.63) is 87.5 Å². The SMILES string of the molecule is C=C(C)C(=O)OCCCCCCc1ccc(/C=C/c2ccc([N+](=O)[O-])cc2)cc1. The summed E-state index contributed by atoms with van der Waals surface area (Å²) in [5, 5.41) is 10.7. The normalized spacial score (nSPS) is 10.8. The highest BCUT2D eigenvalue weighted by Gasteiger charge is 2.03. The van der Waals surface area contributed by atoms with Crippen LogP contribution in [-0.4, -0.2) is 17.5 Å². The number of hydrogen-bond donors (Lipinski definition) is 0. The van der Waals surface area contributed by atoms with Crippen molar-refractivity contribution in [2.45, 2.75) is 39.0 Å². The predicted molar refractivity (Wildman–Crippen MR) is 116 cm³/mol. The van der Waals surface area contributed by atoms with Crippen molar-refractivity contribution in [2.24, 2.45) is 0 Å². The molecule has 2 aromatic carbocycles. The maximum Gasteiger partial charge on any atom is 0.333 e. The molecule has 0 atom stereocenters. The monoisotopic (exact) mass is 393 g/mol. The Bertz CT molecular complexity index is 851. The Balaban J connectivity index is 1.68. The molecule has 0 aliphatic carbocycles. The Morgan fingerprint density at radius 1 is 0.966 bits per heavy atom. The van der Waals surface area contributed by atoms with Gasteiger partial charge in [0.25, 0.3) is 5.69 Å². The van der Waals surface area contributed by atoms with Gasteiger partial charge in [-0.15, -0.1) is 0 Å². The van der Waals surface area contributed by atoms with Gasteiger partial charge in [-0.3, -0.25) is 10.1 Å². The van der Waals surface area contributed by atoms with Crippen LogP contribution in [0.2, 0.25) is 0 Å². The van der Waals surface area contributed by atoms with Crippen molar-refractivity contribution >= 4 is 23.8 Å². The molecule has 0 radical (unpaired) electrons.